The molecule has 0 aliphatic rings. The molecule has 0 saturated carbocycles. The van der Waals surface area contributed by atoms with E-state index in [1.807, 2.05) is 34.6 Å². The highest BCUT2D eigenvalue weighted by Crippen LogP contribution is 2.16. The van der Waals surface area contributed by atoms with E-state index in [1.54, 1.807) is 23.2 Å². The molecule has 0 fully saturated rings. The molecule has 0 aromatic carbocycles. The van der Waals surface area contributed by atoms with Crippen LogP contribution in [0.4, 0.5) is 5.82 Å². The third-order valence-corrected chi connectivity index (χ3v) is 2.93. The Balaban J connectivity index is 2.29. The van der Waals surface area contributed by atoms with E-state index in [2.05, 4.69) is 15.3 Å². The lowest BCUT2D eigenvalue weighted by Crippen LogP contribution is -2.35. The number of aromatic nitrogens is 3. The molecule has 0 saturated heterocycles. The second kappa shape index (κ2) is 5.11. The Kier molecular flexibility index (Phi) is 3.65. The Morgan fingerprint density at radius 2 is 2.05 bits per heavy atom. The molecule has 20 heavy (non-hydrogen) atoms. The van der Waals surface area contributed by atoms with Crippen molar-refractivity contribution in [2.75, 3.05) is 5.32 Å². The largest absolute Gasteiger partial charge is 0.444 e. The van der Waals surface area contributed by atoms with Gasteiger partial charge in [-0.15, -0.1) is 0 Å². The topological polar surface area (TPSA) is 73.0 Å². The van der Waals surface area contributed by atoms with Crippen LogP contribution in [0.1, 0.15) is 45.4 Å². The van der Waals surface area contributed by atoms with Gasteiger partial charge in [-0.1, -0.05) is 0 Å². The molecule has 0 spiro atoms. The van der Waals surface area contributed by atoms with Crippen LogP contribution in [0.2, 0.25) is 0 Å². The van der Waals surface area contributed by atoms with Gasteiger partial charge in [0.1, 0.15) is 11.8 Å². The molecule has 2 aromatic heterocycles. The van der Waals surface area contributed by atoms with Gasteiger partial charge in [0.2, 0.25) is 5.89 Å². The molecule has 2 rings (SSSR count). The summed E-state index contributed by atoms with van der Waals surface area (Å²) in [5.41, 5.74) is -0.450. The number of oxazole rings is 1. The normalized spacial score (nSPS) is 13.2. The van der Waals surface area contributed by atoms with Crippen LogP contribution in [-0.4, -0.2) is 14.5 Å². The van der Waals surface area contributed by atoms with Gasteiger partial charge in [-0.25, -0.2) is 9.97 Å². The monoisotopic (exact) mass is 276 g/mol. The van der Waals surface area contributed by atoms with Gasteiger partial charge < -0.3 is 14.3 Å². The predicted molar refractivity (Wildman–Crippen MR) is 76.8 cm³/mol. The van der Waals surface area contributed by atoms with Crippen molar-refractivity contribution in [1.29, 1.82) is 0 Å². The quantitative estimate of drug-likeness (QED) is 0.932. The summed E-state index contributed by atoms with van der Waals surface area (Å²) in [6, 6.07) is -0.222. The minimum Gasteiger partial charge on any atom is -0.444 e. The first-order valence-electron chi connectivity index (χ1n) is 6.56. The lowest BCUT2D eigenvalue weighted by Gasteiger charge is -2.23. The first-order valence-corrected chi connectivity index (χ1v) is 6.56. The zero-order valence-electron chi connectivity index (χ0n) is 12.5. The van der Waals surface area contributed by atoms with Crippen LogP contribution < -0.4 is 10.9 Å². The van der Waals surface area contributed by atoms with Crippen molar-refractivity contribution in [3.05, 3.63) is 40.6 Å². The fraction of sp³-hybridized carbons (Fsp3) is 0.500. The molecule has 0 bridgehead atoms. The molecule has 0 amide bonds. The van der Waals surface area contributed by atoms with E-state index in [9.17, 15) is 4.79 Å². The van der Waals surface area contributed by atoms with Crippen LogP contribution in [0.3, 0.4) is 0 Å². The maximum atomic E-state index is 12.4. The molecule has 2 aromatic rings. The van der Waals surface area contributed by atoms with Crippen molar-refractivity contribution in [2.24, 2.45) is 0 Å². The smallest absolute Gasteiger partial charge is 0.293 e. The summed E-state index contributed by atoms with van der Waals surface area (Å²) in [5, 5.41) is 3.05. The van der Waals surface area contributed by atoms with Crippen molar-refractivity contribution < 1.29 is 4.42 Å². The Hall–Kier alpha value is -2.11. The Labute approximate surface area is 117 Å². The molecule has 108 valence electrons. The Morgan fingerprint density at radius 1 is 1.35 bits per heavy atom. The number of hydrogen-bond acceptors (Lipinski definition) is 5. The summed E-state index contributed by atoms with van der Waals surface area (Å²) in [7, 11) is 0. The van der Waals surface area contributed by atoms with Crippen LogP contribution in [-0.2, 0) is 5.54 Å². The minimum atomic E-state index is -0.292. The average molecular weight is 276 g/mol. The average Bonchev–Trinajstić information content (AvgIpc) is 2.77. The summed E-state index contributed by atoms with van der Waals surface area (Å²) in [5.74, 6) is 1.57. The molecule has 6 heteroatoms. The van der Waals surface area contributed by atoms with Crippen LogP contribution in [0.25, 0.3) is 0 Å². The van der Waals surface area contributed by atoms with E-state index in [0.717, 1.165) is 5.76 Å². The lowest BCUT2D eigenvalue weighted by atomic mass is 10.1. The first kappa shape index (κ1) is 14.3. The number of rotatable bonds is 3. The van der Waals surface area contributed by atoms with Crippen molar-refractivity contribution in [3.63, 3.8) is 0 Å². The van der Waals surface area contributed by atoms with E-state index in [0.29, 0.717) is 11.7 Å². The van der Waals surface area contributed by atoms with Crippen molar-refractivity contribution in [3.8, 4) is 0 Å². The highest BCUT2D eigenvalue weighted by molar-refractivity contribution is 5.33. The Morgan fingerprint density at radius 3 is 2.60 bits per heavy atom. The second-order valence-corrected chi connectivity index (χ2v) is 5.80. The highest BCUT2D eigenvalue weighted by Gasteiger charge is 2.19. The molecule has 1 atom stereocenters. The number of nitrogens with zero attached hydrogens (tertiary/aromatic N) is 3. The van der Waals surface area contributed by atoms with Crippen molar-refractivity contribution in [2.45, 2.75) is 46.2 Å². The van der Waals surface area contributed by atoms with Gasteiger partial charge in [-0.3, -0.25) is 4.79 Å². The van der Waals surface area contributed by atoms with Gasteiger partial charge in [0.25, 0.3) is 5.56 Å². The van der Waals surface area contributed by atoms with E-state index >= 15 is 0 Å². The lowest BCUT2D eigenvalue weighted by molar-refractivity contribution is 0.382. The molecule has 0 aliphatic carbocycles. The maximum absolute atomic E-state index is 12.4. The number of nitrogens with one attached hydrogen (secondary N) is 1. The van der Waals surface area contributed by atoms with E-state index < -0.39 is 0 Å². The van der Waals surface area contributed by atoms with Gasteiger partial charge in [-0.05, 0) is 34.6 Å². The first-order chi connectivity index (χ1) is 9.29. The standard InChI is InChI=1S/C14H20N4O2/c1-9-8-16-12(20-9)10(2)17-11-13(19)18(7-6-15-11)14(3,4)5/h6-8,10H,1-5H3,(H,15,17). The van der Waals surface area contributed by atoms with E-state index in [1.165, 1.54) is 0 Å². The fourth-order valence-electron chi connectivity index (χ4n) is 1.88. The molecule has 1 N–H and O–H groups in total. The zero-order chi connectivity index (χ0) is 14.9. The summed E-state index contributed by atoms with van der Waals surface area (Å²) in [6.07, 6.45) is 4.95. The van der Waals surface area contributed by atoms with Crippen LogP contribution >= 0.6 is 0 Å². The summed E-state index contributed by atoms with van der Waals surface area (Å²) < 4.78 is 7.09. The maximum Gasteiger partial charge on any atom is 0.293 e. The van der Waals surface area contributed by atoms with E-state index in [-0.39, 0.29) is 17.1 Å². The number of anilines is 1. The minimum absolute atomic E-state index is 0.157. The van der Waals surface area contributed by atoms with Crippen molar-refractivity contribution in [1.82, 2.24) is 14.5 Å². The Bertz CT molecular complexity index is 652. The third kappa shape index (κ3) is 2.89. The van der Waals surface area contributed by atoms with E-state index in [4.69, 9.17) is 4.42 Å². The summed E-state index contributed by atoms with van der Waals surface area (Å²) in [4.78, 5) is 20.6. The molecular formula is C14H20N4O2. The SMILES string of the molecule is Cc1cnc(C(C)Nc2nccn(C(C)(C)C)c2=O)o1. The number of hydrogen-bond donors (Lipinski definition) is 1. The molecular weight excluding hydrogens is 256 g/mol. The van der Waals surface area contributed by atoms with Gasteiger partial charge in [0, 0.05) is 17.9 Å². The third-order valence-electron chi connectivity index (χ3n) is 2.93. The summed E-state index contributed by atoms with van der Waals surface area (Å²) >= 11 is 0. The summed E-state index contributed by atoms with van der Waals surface area (Å²) in [6.45, 7) is 9.62. The molecule has 6 nitrogen and oxygen atoms in total. The fourth-order valence-corrected chi connectivity index (χ4v) is 1.88. The second-order valence-electron chi connectivity index (χ2n) is 5.80. The van der Waals surface area contributed by atoms with Crippen LogP contribution in [0.5, 0.6) is 0 Å². The molecule has 0 aliphatic heterocycles. The number of aryl methyl sites for hydroxylation is 1. The molecule has 1 unspecified atom stereocenters. The zero-order valence-corrected chi connectivity index (χ0v) is 12.5. The van der Waals surface area contributed by atoms with Gasteiger partial charge in [-0.2, -0.15) is 0 Å². The van der Waals surface area contributed by atoms with Crippen LogP contribution in [0.15, 0.2) is 27.8 Å². The molecule has 2 heterocycles. The predicted octanol–water partition coefficient (Wildman–Crippen LogP) is 2.47. The van der Waals surface area contributed by atoms with Gasteiger partial charge in [0.15, 0.2) is 5.82 Å². The van der Waals surface area contributed by atoms with Crippen molar-refractivity contribution >= 4 is 5.82 Å². The highest BCUT2D eigenvalue weighted by atomic mass is 16.4. The van der Waals surface area contributed by atoms with Gasteiger partial charge in [0.05, 0.1) is 6.20 Å². The molecule has 0 radical (unpaired) electrons. The van der Waals surface area contributed by atoms with Crippen LogP contribution in [0, 0.1) is 6.92 Å². The van der Waals surface area contributed by atoms with Gasteiger partial charge >= 0.3 is 0 Å².